The summed E-state index contributed by atoms with van der Waals surface area (Å²) in [6.07, 6.45) is 4.88. The number of nitrogens with two attached hydrogens (primary N) is 1. The lowest BCUT2D eigenvalue weighted by Crippen LogP contribution is -2.52. The summed E-state index contributed by atoms with van der Waals surface area (Å²) in [5.41, 5.74) is 7.92. The molecule has 0 radical (unpaired) electrons. The highest BCUT2D eigenvalue weighted by atomic mass is 32.1. The Morgan fingerprint density at radius 1 is 1.32 bits per heavy atom. The molecule has 2 aromatic rings. The van der Waals surface area contributed by atoms with Gasteiger partial charge in [-0.25, -0.2) is 4.98 Å². The van der Waals surface area contributed by atoms with E-state index >= 15 is 0 Å². The summed E-state index contributed by atoms with van der Waals surface area (Å²) in [6, 6.07) is 4.86. The largest absolute Gasteiger partial charge is 0.397 e. The van der Waals surface area contributed by atoms with Crippen LogP contribution in [0.3, 0.4) is 0 Å². The Hall–Kier alpha value is -1.70. The average Bonchev–Trinajstić information content (AvgIpc) is 3.04. The highest BCUT2D eigenvalue weighted by molar-refractivity contribution is 7.21. The molecule has 28 heavy (non-hydrogen) atoms. The Bertz CT molecular complexity index is 873. The van der Waals surface area contributed by atoms with Gasteiger partial charge in [-0.05, 0) is 64.5 Å². The monoisotopic (exact) mass is 401 g/mol. The highest BCUT2D eigenvalue weighted by Gasteiger charge is 2.37. The van der Waals surface area contributed by atoms with Gasteiger partial charge in [-0.15, -0.1) is 11.3 Å². The molecule has 2 aliphatic heterocycles. The molecular formula is C21H31N5OS. The van der Waals surface area contributed by atoms with Crippen LogP contribution in [0.5, 0.6) is 0 Å². The van der Waals surface area contributed by atoms with Gasteiger partial charge in [0.2, 0.25) is 0 Å². The van der Waals surface area contributed by atoms with Crippen LogP contribution in [0.15, 0.2) is 12.1 Å². The fraction of sp³-hybridized carbons (Fsp3) is 0.619. The van der Waals surface area contributed by atoms with Crippen molar-refractivity contribution in [2.75, 3.05) is 46.0 Å². The molecule has 3 N–H and O–H groups in total. The first kappa shape index (κ1) is 19.6. The summed E-state index contributed by atoms with van der Waals surface area (Å²) >= 11 is 1.40. The first-order chi connectivity index (χ1) is 13.4. The van der Waals surface area contributed by atoms with Gasteiger partial charge in [-0.3, -0.25) is 9.69 Å². The minimum Gasteiger partial charge on any atom is -0.397 e. The smallest absolute Gasteiger partial charge is 0.263 e. The summed E-state index contributed by atoms with van der Waals surface area (Å²) in [4.78, 5) is 23.6. The van der Waals surface area contributed by atoms with E-state index in [-0.39, 0.29) is 11.3 Å². The van der Waals surface area contributed by atoms with E-state index < -0.39 is 0 Å². The second kappa shape index (κ2) is 7.61. The number of piperidine rings is 2. The first-order valence-corrected chi connectivity index (χ1v) is 11.1. The molecule has 1 amide bonds. The molecule has 2 fully saturated rings. The summed E-state index contributed by atoms with van der Waals surface area (Å²) in [7, 11) is 3.85. The third kappa shape index (κ3) is 3.51. The fourth-order valence-electron chi connectivity index (χ4n) is 4.78. The van der Waals surface area contributed by atoms with Crippen molar-refractivity contribution in [3.63, 3.8) is 0 Å². The summed E-state index contributed by atoms with van der Waals surface area (Å²) in [5, 5.41) is 3.56. The van der Waals surface area contributed by atoms with Crippen molar-refractivity contribution in [3.8, 4) is 0 Å². The number of thiophene rings is 1. The molecule has 2 aliphatic rings. The van der Waals surface area contributed by atoms with Gasteiger partial charge < -0.3 is 16.0 Å². The number of carbonyl (C=O) groups is 1. The lowest BCUT2D eigenvalue weighted by molar-refractivity contribution is 0.0690. The molecule has 152 valence electrons. The number of carbonyl (C=O) groups excluding carboxylic acids is 1. The highest BCUT2D eigenvalue weighted by Crippen LogP contribution is 2.38. The number of fused-ring (bicyclic) bond motifs is 1. The first-order valence-electron chi connectivity index (χ1n) is 10.3. The number of nitrogens with one attached hydrogen (secondary N) is 1. The Balaban J connectivity index is 1.60. The second-order valence-electron chi connectivity index (χ2n) is 8.64. The maximum atomic E-state index is 12.1. The van der Waals surface area contributed by atoms with E-state index in [2.05, 4.69) is 41.2 Å². The summed E-state index contributed by atoms with van der Waals surface area (Å²) in [5.74, 6) is -0.139. The quantitative estimate of drug-likeness (QED) is 0.827. The van der Waals surface area contributed by atoms with Crippen LogP contribution in [0.2, 0.25) is 0 Å². The van der Waals surface area contributed by atoms with E-state index in [1.165, 1.54) is 50.2 Å². The van der Waals surface area contributed by atoms with Crippen LogP contribution in [0.1, 0.15) is 48.0 Å². The van der Waals surface area contributed by atoms with Crippen molar-refractivity contribution in [3.05, 3.63) is 22.7 Å². The Morgan fingerprint density at radius 3 is 2.79 bits per heavy atom. The number of anilines is 1. The molecular weight excluding hydrogens is 370 g/mol. The van der Waals surface area contributed by atoms with Crippen LogP contribution < -0.4 is 11.1 Å². The van der Waals surface area contributed by atoms with Crippen LogP contribution in [-0.4, -0.2) is 67.0 Å². The molecule has 0 spiro atoms. The number of nitrogen functional groups attached to an aromatic ring is 1. The standard InChI is InChI=1S/C21H31N5OS/c1-21(9-4-10-26(13-21)14-7-11-25(3)12-8-14)16-6-5-15-17(22)18(19(27)23-2)28-20(15)24-16/h5-6,14H,4,7-13,22H2,1-3H3,(H,23,27). The topological polar surface area (TPSA) is 74.5 Å². The number of nitrogens with zero attached hydrogens (tertiary/aromatic N) is 3. The van der Waals surface area contributed by atoms with Crippen molar-refractivity contribution in [2.45, 2.75) is 44.1 Å². The summed E-state index contributed by atoms with van der Waals surface area (Å²) < 4.78 is 0. The van der Waals surface area contributed by atoms with E-state index in [1.54, 1.807) is 7.05 Å². The van der Waals surface area contributed by atoms with E-state index in [0.29, 0.717) is 16.6 Å². The molecule has 0 aliphatic carbocycles. The number of amides is 1. The maximum absolute atomic E-state index is 12.1. The maximum Gasteiger partial charge on any atom is 0.263 e. The molecule has 6 nitrogen and oxygen atoms in total. The lowest BCUT2D eigenvalue weighted by atomic mass is 9.77. The molecule has 2 aromatic heterocycles. The fourth-order valence-corrected chi connectivity index (χ4v) is 5.82. The average molecular weight is 402 g/mol. The normalized spacial score (nSPS) is 25.2. The van der Waals surface area contributed by atoms with Gasteiger partial charge in [0.1, 0.15) is 9.71 Å². The van der Waals surface area contributed by atoms with Gasteiger partial charge in [0.05, 0.1) is 5.69 Å². The SMILES string of the molecule is CNC(=O)c1sc2nc(C3(C)CCCN(C4CCN(C)CC4)C3)ccc2c1N. The van der Waals surface area contributed by atoms with Crippen LogP contribution in [0.4, 0.5) is 5.69 Å². The molecule has 1 unspecified atom stereocenters. The zero-order valence-electron chi connectivity index (χ0n) is 17.1. The number of aromatic nitrogens is 1. The van der Waals surface area contributed by atoms with Crippen LogP contribution >= 0.6 is 11.3 Å². The van der Waals surface area contributed by atoms with Crippen LogP contribution in [0.25, 0.3) is 10.2 Å². The molecule has 4 heterocycles. The minimum atomic E-state index is -0.139. The Morgan fingerprint density at radius 2 is 2.07 bits per heavy atom. The van der Waals surface area contributed by atoms with Crippen LogP contribution in [-0.2, 0) is 5.41 Å². The van der Waals surface area contributed by atoms with E-state index in [4.69, 9.17) is 10.7 Å². The van der Waals surface area contributed by atoms with Crippen molar-refractivity contribution >= 4 is 33.1 Å². The predicted octanol–water partition coefficient (Wildman–Crippen LogP) is 2.69. The summed E-state index contributed by atoms with van der Waals surface area (Å²) in [6.45, 7) is 6.98. The number of rotatable bonds is 3. The molecule has 2 saturated heterocycles. The van der Waals surface area contributed by atoms with Crippen molar-refractivity contribution in [1.82, 2.24) is 20.1 Å². The van der Waals surface area contributed by atoms with E-state index in [9.17, 15) is 4.79 Å². The molecule has 0 aromatic carbocycles. The lowest BCUT2D eigenvalue weighted by Gasteiger charge is -2.45. The molecule has 0 saturated carbocycles. The van der Waals surface area contributed by atoms with Gasteiger partial charge in [0, 0.05) is 36.1 Å². The molecule has 4 rings (SSSR count). The molecule has 0 bridgehead atoms. The predicted molar refractivity (Wildman–Crippen MR) is 116 cm³/mol. The third-order valence-corrected chi connectivity index (χ3v) is 7.69. The van der Waals surface area contributed by atoms with Crippen molar-refractivity contribution in [2.24, 2.45) is 0 Å². The molecule has 7 heteroatoms. The number of hydrogen-bond acceptors (Lipinski definition) is 6. The van der Waals surface area contributed by atoms with Crippen molar-refractivity contribution in [1.29, 1.82) is 0 Å². The van der Waals surface area contributed by atoms with Gasteiger partial charge in [-0.2, -0.15) is 0 Å². The minimum absolute atomic E-state index is 0.0434. The Labute approximate surface area is 171 Å². The van der Waals surface area contributed by atoms with E-state index in [0.717, 1.165) is 28.9 Å². The van der Waals surface area contributed by atoms with Gasteiger partial charge >= 0.3 is 0 Å². The molecule has 1 atom stereocenters. The zero-order valence-corrected chi connectivity index (χ0v) is 17.9. The van der Waals surface area contributed by atoms with Crippen molar-refractivity contribution < 1.29 is 4.79 Å². The second-order valence-corrected chi connectivity index (χ2v) is 9.64. The van der Waals surface area contributed by atoms with Gasteiger partial charge in [-0.1, -0.05) is 6.92 Å². The number of likely N-dealkylation sites (tertiary alicyclic amines) is 2. The Kier molecular flexibility index (Phi) is 5.33. The third-order valence-electron chi connectivity index (χ3n) is 6.58. The van der Waals surface area contributed by atoms with Gasteiger partial charge in [0.25, 0.3) is 5.91 Å². The van der Waals surface area contributed by atoms with E-state index in [1.807, 2.05) is 0 Å². The zero-order chi connectivity index (χ0) is 19.9. The number of pyridine rings is 1. The van der Waals surface area contributed by atoms with Gasteiger partial charge in [0.15, 0.2) is 0 Å². The number of hydrogen-bond donors (Lipinski definition) is 2. The van der Waals surface area contributed by atoms with Crippen LogP contribution in [0, 0.1) is 0 Å².